The van der Waals surface area contributed by atoms with Gasteiger partial charge in [0, 0.05) is 5.92 Å². The van der Waals surface area contributed by atoms with Crippen molar-refractivity contribution in [3.8, 4) is 0 Å². The quantitative estimate of drug-likeness (QED) is 0.800. The van der Waals surface area contributed by atoms with Crippen molar-refractivity contribution >= 4 is 5.78 Å². The lowest BCUT2D eigenvalue weighted by Gasteiger charge is -2.27. The van der Waals surface area contributed by atoms with Gasteiger partial charge < -0.3 is 4.74 Å². The minimum atomic E-state index is 0.0515. The van der Waals surface area contributed by atoms with Gasteiger partial charge in [-0.3, -0.25) is 4.79 Å². The number of carbonyl (C=O) groups is 1. The van der Waals surface area contributed by atoms with E-state index in [1.807, 2.05) is 0 Å². The highest BCUT2D eigenvalue weighted by molar-refractivity contribution is 5.85. The van der Waals surface area contributed by atoms with Crippen molar-refractivity contribution in [1.29, 1.82) is 0 Å². The Kier molecular flexibility index (Phi) is 2.73. The molecule has 0 unspecified atom stereocenters. The van der Waals surface area contributed by atoms with E-state index in [-0.39, 0.29) is 18.1 Å². The Morgan fingerprint density at radius 1 is 1.05 bits per heavy atom. The molecule has 3 atom stereocenters. The maximum absolute atomic E-state index is 12.7. The molecular formula is C17H20O2. The van der Waals surface area contributed by atoms with Crippen molar-refractivity contribution in [2.75, 3.05) is 0 Å². The SMILES string of the molecule is O=C(C1CCCCC1)[C@H]1C[C@H]2O[C@@H]1c1ccccc12. The van der Waals surface area contributed by atoms with Crippen molar-refractivity contribution in [2.24, 2.45) is 11.8 Å². The third kappa shape index (κ3) is 1.77. The lowest BCUT2D eigenvalue weighted by Crippen LogP contribution is -2.28. The number of carbonyl (C=O) groups excluding carboxylic acids is 1. The van der Waals surface area contributed by atoms with Gasteiger partial charge in [-0.1, -0.05) is 43.5 Å². The topological polar surface area (TPSA) is 26.3 Å². The summed E-state index contributed by atoms with van der Waals surface area (Å²) >= 11 is 0. The molecule has 19 heavy (non-hydrogen) atoms. The second kappa shape index (κ2) is 4.45. The largest absolute Gasteiger partial charge is 0.365 e. The van der Waals surface area contributed by atoms with Gasteiger partial charge in [-0.25, -0.2) is 0 Å². The Balaban J connectivity index is 1.57. The maximum Gasteiger partial charge on any atom is 0.142 e. The Morgan fingerprint density at radius 3 is 2.58 bits per heavy atom. The van der Waals surface area contributed by atoms with E-state index in [1.54, 1.807) is 0 Å². The van der Waals surface area contributed by atoms with E-state index >= 15 is 0 Å². The molecule has 100 valence electrons. The molecule has 2 heteroatoms. The fourth-order valence-electron chi connectivity index (χ4n) is 4.19. The average molecular weight is 256 g/mol. The number of Topliss-reactive ketones (excluding diaryl/α,β-unsaturated/α-hetero) is 1. The maximum atomic E-state index is 12.7. The lowest BCUT2D eigenvalue weighted by molar-refractivity contribution is -0.129. The summed E-state index contributed by atoms with van der Waals surface area (Å²) in [6, 6.07) is 8.42. The van der Waals surface area contributed by atoms with E-state index in [0.717, 1.165) is 19.3 Å². The predicted molar refractivity (Wildman–Crippen MR) is 72.7 cm³/mol. The first-order valence-corrected chi connectivity index (χ1v) is 7.62. The van der Waals surface area contributed by atoms with Crippen LogP contribution in [-0.4, -0.2) is 5.78 Å². The van der Waals surface area contributed by atoms with Crippen LogP contribution in [0.4, 0.5) is 0 Å². The van der Waals surface area contributed by atoms with Crippen LogP contribution in [-0.2, 0) is 9.53 Å². The lowest BCUT2D eigenvalue weighted by atomic mass is 9.75. The summed E-state index contributed by atoms with van der Waals surface area (Å²) in [4.78, 5) is 12.7. The van der Waals surface area contributed by atoms with E-state index in [0.29, 0.717) is 11.7 Å². The first kappa shape index (κ1) is 11.7. The van der Waals surface area contributed by atoms with E-state index in [4.69, 9.17) is 4.74 Å². The van der Waals surface area contributed by atoms with Gasteiger partial charge in [0.05, 0.1) is 18.1 Å². The normalized spacial score (nSPS) is 33.4. The first-order chi connectivity index (χ1) is 9.34. The number of fused-ring (bicyclic) bond motifs is 5. The monoisotopic (exact) mass is 256 g/mol. The molecule has 0 N–H and O–H groups in total. The number of benzene rings is 1. The Hall–Kier alpha value is -1.15. The van der Waals surface area contributed by atoms with Gasteiger partial charge in [0.15, 0.2) is 0 Å². The predicted octanol–water partition coefficient (Wildman–Crippen LogP) is 3.97. The zero-order chi connectivity index (χ0) is 12.8. The minimum Gasteiger partial charge on any atom is -0.365 e. The number of hydrogen-bond donors (Lipinski definition) is 0. The molecule has 2 bridgehead atoms. The highest BCUT2D eigenvalue weighted by Gasteiger charge is 2.48. The van der Waals surface area contributed by atoms with Crippen LogP contribution in [0.5, 0.6) is 0 Å². The molecule has 2 fully saturated rings. The zero-order valence-corrected chi connectivity index (χ0v) is 11.2. The second-order valence-electron chi connectivity index (χ2n) is 6.25. The van der Waals surface area contributed by atoms with Gasteiger partial charge in [0.25, 0.3) is 0 Å². The number of hydrogen-bond acceptors (Lipinski definition) is 2. The van der Waals surface area contributed by atoms with Gasteiger partial charge >= 0.3 is 0 Å². The van der Waals surface area contributed by atoms with Crippen LogP contribution in [0.1, 0.15) is 61.9 Å². The standard InChI is InChI=1S/C17H20O2/c18-16(11-6-2-1-3-7-11)14-10-15-12-8-4-5-9-13(12)17(14)19-15/h4-5,8-9,11,14-15,17H,1-3,6-7,10H2/t14-,15-,17-/m1/s1. The van der Waals surface area contributed by atoms with Crippen LogP contribution < -0.4 is 0 Å². The van der Waals surface area contributed by atoms with Gasteiger partial charge in [0.1, 0.15) is 5.78 Å². The van der Waals surface area contributed by atoms with Crippen molar-refractivity contribution in [3.05, 3.63) is 35.4 Å². The molecule has 0 radical (unpaired) electrons. The van der Waals surface area contributed by atoms with Crippen LogP contribution in [0.2, 0.25) is 0 Å². The van der Waals surface area contributed by atoms with Crippen molar-refractivity contribution in [2.45, 2.75) is 50.7 Å². The molecule has 0 amide bonds. The third-order valence-corrected chi connectivity index (χ3v) is 5.17. The molecular weight excluding hydrogens is 236 g/mol. The highest BCUT2D eigenvalue weighted by Crippen LogP contribution is 2.54. The molecule has 3 aliphatic rings. The molecule has 4 rings (SSSR count). The molecule has 2 aliphatic heterocycles. The minimum absolute atomic E-state index is 0.0515. The van der Waals surface area contributed by atoms with Gasteiger partial charge in [-0.05, 0) is 30.4 Å². The molecule has 2 nitrogen and oxygen atoms in total. The van der Waals surface area contributed by atoms with E-state index in [2.05, 4.69) is 24.3 Å². The molecule has 1 saturated heterocycles. The van der Waals surface area contributed by atoms with E-state index < -0.39 is 0 Å². The second-order valence-corrected chi connectivity index (χ2v) is 6.25. The fourth-order valence-corrected chi connectivity index (χ4v) is 4.19. The Morgan fingerprint density at radius 2 is 1.79 bits per heavy atom. The van der Waals surface area contributed by atoms with Crippen LogP contribution in [0.15, 0.2) is 24.3 Å². The summed E-state index contributed by atoms with van der Waals surface area (Å²) in [6.07, 6.45) is 7.12. The van der Waals surface area contributed by atoms with Gasteiger partial charge in [-0.2, -0.15) is 0 Å². The first-order valence-electron chi connectivity index (χ1n) is 7.62. The van der Waals surface area contributed by atoms with Gasteiger partial charge in [-0.15, -0.1) is 0 Å². The van der Waals surface area contributed by atoms with Crippen LogP contribution in [0.25, 0.3) is 0 Å². The summed E-state index contributed by atoms with van der Waals surface area (Å²) < 4.78 is 6.05. The van der Waals surface area contributed by atoms with Crippen LogP contribution in [0, 0.1) is 11.8 Å². The number of ether oxygens (including phenoxy) is 1. The fraction of sp³-hybridized carbons (Fsp3) is 0.588. The van der Waals surface area contributed by atoms with Crippen molar-refractivity contribution in [1.82, 2.24) is 0 Å². The molecule has 1 saturated carbocycles. The Labute approximate surface area is 114 Å². The molecule has 1 aromatic carbocycles. The van der Waals surface area contributed by atoms with Crippen LogP contribution >= 0.6 is 0 Å². The summed E-state index contributed by atoms with van der Waals surface area (Å²) in [6.45, 7) is 0. The summed E-state index contributed by atoms with van der Waals surface area (Å²) in [5, 5.41) is 0. The molecule has 2 heterocycles. The Bertz CT molecular complexity index is 502. The summed E-state index contributed by atoms with van der Waals surface area (Å²) in [7, 11) is 0. The number of rotatable bonds is 2. The zero-order valence-electron chi connectivity index (χ0n) is 11.2. The van der Waals surface area contributed by atoms with E-state index in [9.17, 15) is 4.79 Å². The van der Waals surface area contributed by atoms with Crippen molar-refractivity contribution < 1.29 is 9.53 Å². The molecule has 0 aromatic heterocycles. The summed E-state index contributed by atoms with van der Waals surface area (Å²) in [5.41, 5.74) is 2.59. The van der Waals surface area contributed by atoms with Gasteiger partial charge in [0.2, 0.25) is 0 Å². The molecule has 1 aromatic rings. The summed E-state index contributed by atoms with van der Waals surface area (Å²) in [5.74, 6) is 0.929. The molecule has 1 aliphatic carbocycles. The average Bonchev–Trinajstić information content (AvgIpc) is 3.07. The number of ketones is 1. The smallest absolute Gasteiger partial charge is 0.142 e. The van der Waals surface area contributed by atoms with E-state index in [1.165, 1.54) is 30.4 Å². The molecule has 0 spiro atoms. The van der Waals surface area contributed by atoms with Crippen LogP contribution in [0.3, 0.4) is 0 Å². The van der Waals surface area contributed by atoms with Crippen molar-refractivity contribution in [3.63, 3.8) is 0 Å². The third-order valence-electron chi connectivity index (χ3n) is 5.17. The highest BCUT2D eigenvalue weighted by atomic mass is 16.5.